The summed E-state index contributed by atoms with van der Waals surface area (Å²) >= 11 is 0. The van der Waals surface area contributed by atoms with Crippen molar-refractivity contribution >= 4 is 10.0 Å². The number of hydrogen-bond donors (Lipinski definition) is 2. The fourth-order valence-electron chi connectivity index (χ4n) is 1.04. The maximum absolute atomic E-state index is 11.9. The van der Waals surface area contributed by atoms with Gasteiger partial charge in [0.05, 0.1) is 6.20 Å². The second-order valence-electron chi connectivity index (χ2n) is 4.47. The number of nitrogens with one attached hydrogen (secondary N) is 1. The van der Waals surface area contributed by atoms with Gasteiger partial charge in [0.2, 0.25) is 10.0 Å². The molecular formula is C9H18N4O2S. The van der Waals surface area contributed by atoms with Crippen LogP contribution in [-0.2, 0) is 17.1 Å². The topological polar surface area (TPSA) is 90.0 Å². The fraction of sp³-hybridized carbons (Fsp3) is 0.667. The molecule has 1 rings (SSSR count). The van der Waals surface area contributed by atoms with E-state index in [4.69, 9.17) is 5.73 Å². The van der Waals surface area contributed by atoms with E-state index in [2.05, 4.69) is 9.82 Å². The Kier molecular flexibility index (Phi) is 3.41. The number of nitrogens with zero attached hydrogens (tertiary/aromatic N) is 2. The SMILES string of the molecule is CC(N)C(C)(C)NS(=O)(=O)c1cnn(C)c1. The average Bonchev–Trinajstić information content (AvgIpc) is 2.50. The van der Waals surface area contributed by atoms with Crippen LogP contribution < -0.4 is 10.5 Å². The molecule has 1 heterocycles. The molecule has 0 aliphatic heterocycles. The largest absolute Gasteiger partial charge is 0.326 e. The Morgan fingerprint density at radius 2 is 2.12 bits per heavy atom. The van der Waals surface area contributed by atoms with Crippen molar-refractivity contribution in [2.75, 3.05) is 0 Å². The van der Waals surface area contributed by atoms with Gasteiger partial charge in [-0.25, -0.2) is 13.1 Å². The highest BCUT2D eigenvalue weighted by Crippen LogP contribution is 2.13. The zero-order valence-electron chi connectivity index (χ0n) is 9.93. The summed E-state index contributed by atoms with van der Waals surface area (Å²) < 4.78 is 27.9. The van der Waals surface area contributed by atoms with E-state index < -0.39 is 15.6 Å². The van der Waals surface area contributed by atoms with E-state index in [1.54, 1.807) is 27.8 Å². The van der Waals surface area contributed by atoms with Gasteiger partial charge in [0.1, 0.15) is 4.90 Å². The van der Waals surface area contributed by atoms with Crippen LogP contribution in [0.25, 0.3) is 0 Å². The Morgan fingerprint density at radius 1 is 1.56 bits per heavy atom. The minimum absolute atomic E-state index is 0.142. The predicted molar refractivity (Wildman–Crippen MR) is 61.3 cm³/mol. The lowest BCUT2D eigenvalue weighted by Gasteiger charge is -2.29. The summed E-state index contributed by atoms with van der Waals surface area (Å²) in [4.78, 5) is 0.142. The highest BCUT2D eigenvalue weighted by Gasteiger charge is 2.30. The van der Waals surface area contributed by atoms with Crippen LogP contribution in [0.5, 0.6) is 0 Å². The number of aryl methyl sites for hydroxylation is 1. The van der Waals surface area contributed by atoms with E-state index >= 15 is 0 Å². The fourth-order valence-corrected chi connectivity index (χ4v) is 2.51. The third-order valence-electron chi connectivity index (χ3n) is 2.53. The summed E-state index contributed by atoms with van der Waals surface area (Å²) in [5, 5.41) is 3.82. The Morgan fingerprint density at radius 3 is 2.50 bits per heavy atom. The standard InChI is InChI=1S/C9H18N4O2S/c1-7(10)9(2,3)12-16(14,15)8-5-11-13(4)6-8/h5-7,12H,10H2,1-4H3. The van der Waals surface area contributed by atoms with E-state index in [9.17, 15) is 8.42 Å². The molecule has 0 fully saturated rings. The first-order valence-corrected chi connectivity index (χ1v) is 6.42. The zero-order valence-corrected chi connectivity index (χ0v) is 10.7. The summed E-state index contributed by atoms with van der Waals surface area (Å²) in [6.45, 7) is 5.24. The first-order chi connectivity index (χ1) is 7.15. The number of nitrogens with two attached hydrogens (primary N) is 1. The molecule has 0 amide bonds. The van der Waals surface area contributed by atoms with Gasteiger partial charge in [-0.05, 0) is 20.8 Å². The number of rotatable bonds is 4. The van der Waals surface area contributed by atoms with E-state index in [-0.39, 0.29) is 10.9 Å². The second-order valence-corrected chi connectivity index (χ2v) is 6.15. The molecule has 0 saturated carbocycles. The first kappa shape index (κ1) is 13.1. The Balaban J connectivity index is 2.97. The second kappa shape index (κ2) is 4.15. The van der Waals surface area contributed by atoms with Gasteiger partial charge in [-0.15, -0.1) is 0 Å². The van der Waals surface area contributed by atoms with Gasteiger partial charge in [-0.2, -0.15) is 5.10 Å². The van der Waals surface area contributed by atoms with Crippen LogP contribution >= 0.6 is 0 Å². The number of aromatic nitrogens is 2. The van der Waals surface area contributed by atoms with Gasteiger partial charge in [0.15, 0.2) is 0 Å². The molecule has 3 N–H and O–H groups in total. The Hall–Kier alpha value is -0.920. The Labute approximate surface area is 95.9 Å². The van der Waals surface area contributed by atoms with Crippen molar-refractivity contribution in [2.24, 2.45) is 12.8 Å². The minimum atomic E-state index is -3.56. The molecule has 1 aromatic rings. The quantitative estimate of drug-likeness (QED) is 0.771. The van der Waals surface area contributed by atoms with E-state index in [0.29, 0.717) is 0 Å². The van der Waals surface area contributed by atoms with Crippen LogP contribution in [-0.4, -0.2) is 29.8 Å². The lowest BCUT2D eigenvalue weighted by atomic mass is 9.99. The van der Waals surface area contributed by atoms with Crippen LogP contribution in [0.4, 0.5) is 0 Å². The van der Waals surface area contributed by atoms with Crippen LogP contribution in [0.3, 0.4) is 0 Å². The summed E-state index contributed by atoms with van der Waals surface area (Å²) in [7, 11) is -1.89. The van der Waals surface area contributed by atoms with Gasteiger partial charge >= 0.3 is 0 Å². The van der Waals surface area contributed by atoms with Crippen molar-refractivity contribution in [1.29, 1.82) is 0 Å². The molecule has 0 spiro atoms. The van der Waals surface area contributed by atoms with E-state index in [1.165, 1.54) is 17.1 Å². The molecule has 16 heavy (non-hydrogen) atoms. The molecule has 1 atom stereocenters. The predicted octanol–water partition coefficient (Wildman–Crippen LogP) is -0.176. The average molecular weight is 246 g/mol. The summed E-state index contributed by atoms with van der Waals surface area (Å²) in [5.74, 6) is 0. The molecular weight excluding hydrogens is 228 g/mol. The van der Waals surface area contributed by atoms with Gasteiger partial charge in [-0.1, -0.05) is 0 Å². The lowest BCUT2D eigenvalue weighted by Crippen LogP contribution is -2.54. The monoisotopic (exact) mass is 246 g/mol. The normalized spacial score (nSPS) is 15.1. The minimum Gasteiger partial charge on any atom is -0.326 e. The Bertz CT molecular complexity index is 462. The molecule has 0 aromatic carbocycles. The highest BCUT2D eigenvalue weighted by atomic mass is 32.2. The van der Waals surface area contributed by atoms with Crippen molar-refractivity contribution in [3.63, 3.8) is 0 Å². The number of sulfonamides is 1. The first-order valence-electron chi connectivity index (χ1n) is 4.93. The molecule has 7 heteroatoms. The van der Waals surface area contributed by atoms with Gasteiger partial charge < -0.3 is 5.73 Å². The van der Waals surface area contributed by atoms with Crippen LogP contribution in [0.1, 0.15) is 20.8 Å². The molecule has 1 unspecified atom stereocenters. The zero-order chi connectivity index (χ0) is 12.6. The van der Waals surface area contributed by atoms with E-state index in [0.717, 1.165) is 0 Å². The van der Waals surface area contributed by atoms with Crippen LogP contribution in [0.15, 0.2) is 17.3 Å². The van der Waals surface area contributed by atoms with Gasteiger partial charge in [0.25, 0.3) is 0 Å². The van der Waals surface area contributed by atoms with Crippen molar-refractivity contribution < 1.29 is 8.42 Å². The van der Waals surface area contributed by atoms with Gasteiger partial charge in [-0.3, -0.25) is 4.68 Å². The summed E-state index contributed by atoms with van der Waals surface area (Å²) in [6.07, 6.45) is 2.75. The molecule has 0 saturated heterocycles. The van der Waals surface area contributed by atoms with Crippen molar-refractivity contribution in [1.82, 2.24) is 14.5 Å². The maximum atomic E-state index is 11.9. The third kappa shape index (κ3) is 2.81. The lowest BCUT2D eigenvalue weighted by molar-refractivity contribution is 0.387. The molecule has 92 valence electrons. The van der Waals surface area contributed by atoms with Crippen molar-refractivity contribution in [3.05, 3.63) is 12.4 Å². The molecule has 0 aliphatic carbocycles. The summed E-state index contributed by atoms with van der Waals surface area (Å²) in [6, 6.07) is -0.293. The number of hydrogen-bond acceptors (Lipinski definition) is 4. The smallest absolute Gasteiger partial charge is 0.244 e. The molecule has 0 radical (unpaired) electrons. The highest BCUT2D eigenvalue weighted by molar-refractivity contribution is 7.89. The van der Waals surface area contributed by atoms with E-state index in [1.807, 2.05) is 0 Å². The van der Waals surface area contributed by atoms with Crippen LogP contribution in [0.2, 0.25) is 0 Å². The summed E-state index contributed by atoms with van der Waals surface area (Å²) in [5.41, 5.74) is 5.01. The molecule has 1 aromatic heterocycles. The molecule has 0 bridgehead atoms. The van der Waals surface area contributed by atoms with Crippen molar-refractivity contribution in [2.45, 2.75) is 37.2 Å². The van der Waals surface area contributed by atoms with Gasteiger partial charge in [0, 0.05) is 24.8 Å². The van der Waals surface area contributed by atoms with Crippen LogP contribution in [0, 0.1) is 0 Å². The maximum Gasteiger partial charge on any atom is 0.244 e. The van der Waals surface area contributed by atoms with Crippen molar-refractivity contribution in [3.8, 4) is 0 Å². The molecule has 6 nitrogen and oxygen atoms in total. The molecule has 0 aliphatic rings. The third-order valence-corrected chi connectivity index (χ3v) is 4.15.